The largest absolute Gasteiger partial charge is 0.497 e. The van der Waals surface area contributed by atoms with Crippen LogP contribution in [0, 0.1) is 0 Å². The summed E-state index contributed by atoms with van der Waals surface area (Å²) in [5, 5.41) is 1.87. The van der Waals surface area contributed by atoms with Crippen molar-refractivity contribution in [1.82, 2.24) is 9.80 Å². The first kappa shape index (κ1) is 23.2. The van der Waals surface area contributed by atoms with Crippen LogP contribution in [-0.4, -0.2) is 54.8 Å². The highest BCUT2D eigenvalue weighted by molar-refractivity contribution is 7.12. The van der Waals surface area contributed by atoms with Gasteiger partial charge in [-0.1, -0.05) is 6.07 Å². The van der Waals surface area contributed by atoms with Crippen molar-refractivity contribution in [2.45, 2.75) is 12.6 Å². The van der Waals surface area contributed by atoms with E-state index in [1.807, 2.05) is 21.2 Å². The Kier molecular flexibility index (Phi) is 6.14. The second kappa shape index (κ2) is 9.26. The molecule has 1 aromatic heterocycles. The molecule has 10 heteroatoms. The molecule has 0 unspecified atom stereocenters. The van der Waals surface area contributed by atoms with Crippen LogP contribution in [0.2, 0.25) is 0 Å². The minimum atomic E-state index is -4.50. The molecule has 2 aliphatic rings. The quantitative estimate of drug-likeness (QED) is 0.445. The minimum Gasteiger partial charge on any atom is -0.497 e. The number of halogens is 3. The van der Waals surface area contributed by atoms with Crippen molar-refractivity contribution in [3.8, 4) is 17.2 Å². The van der Waals surface area contributed by atoms with Crippen molar-refractivity contribution in [1.29, 1.82) is 0 Å². The van der Waals surface area contributed by atoms with Gasteiger partial charge in [0.15, 0.2) is 5.75 Å². The Labute approximate surface area is 204 Å². The van der Waals surface area contributed by atoms with Gasteiger partial charge in [0.1, 0.15) is 23.0 Å². The third kappa shape index (κ3) is 4.70. The van der Waals surface area contributed by atoms with Crippen LogP contribution in [-0.2, 0) is 6.18 Å². The molecule has 3 aromatic rings. The Morgan fingerprint density at radius 3 is 2.63 bits per heavy atom. The maximum atomic E-state index is 13.4. The lowest BCUT2D eigenvalue weighted by Crippen LogP contribution is -2.37. The number of thiophene rings is 1. The molecule has 1 fully saturated rings. The lowest BCUT2D eigenvalue weighted by atomic mass is 10.1. The van der Waals surface area contributed by atoms with Gasteiger partial charge in [0.05, 0.1) is 23.1 Å². The van der Waals surface area contributed by atoms with Crippen LogP contribution in [0.15, 0.2) is 58.9 Å². The van der Waals surface area contributed by atoms with E-state index in [0.717, 1.165) is 12.1 Å². The number of carbonyl (C=O) groups excluding carboxylic acids is 1. The van der Waals surface area contributed by atoms with Gasteiger partial charge in [-0.2, -0.15) is 13.2 Å². The van der Waals surface area contributed by atoms with E-state index in [1.54, 1.807) is 31.4 Å². The molecular weight excluding hydrogens is 479 g/mol. The zero-order chi connectivity index (χ0) is 24.6. The smallest absolute Gasteiger partial charge is 0.416 e. The summed E-state index contributed by atoms with van der Waals surface area (Å²) in [6.07, 6.45) is -3.82. The number of aliphatic imine (C=N–C) groups is 1. The molecule has 2 aliphatic heterocycles. The second-order valence-corrected chi connectivity index (χ2v) is 9.14. The summed E-state index contributed by atoms with van der Waals surface area (Å²) in [4.78, 5) is 22.0. The second-order valence-electron chi connectivity index (χ2n) is 8.19. The zero-order valence-corrected chi connectivity index (χ0v) is 19.7. The molecule has 35 heavy (non-hydrogen) atoms. The Bertz CT molecular complexity index is 1270. The van der Waals surface area contributed by atoms with Gasteiger partial charge in [0.25, 0.3) is 5.91 Å². The van der Waals surface area contributed by atoms with Crippen molar-refractivity contribution in [2.75, 3.05) is 33.3 Å². The summed E-state index contributed by atoms with van der Waals surface area (Å²) in [5.74, 6) is 1.76. The molecule has 0 radical (unpaired) electrons. The summed E-state index contributed by atoms with van der Waals surface area (Å²) >= 11 is 1.40. The van der Waals surface area contributed by atoms with E-state index in [4.69, 9.17) is 9.47 Å². The Morgan fingerprint density at radius 1 is 1.06 bits per heavy atom. The van der Waals surface area contributed by atoms with E-state index in [1.165, 1.54) is 17.4 Å². The van der Waals surface area contributed by atoms with Crippen LogP contribution in [0.5, 0.6) is 17.2 Å². The highest BCUT2D eigenvalue weighted by Gasteiger charge is 2.33. The van der Waals surface area contributed by atoms with Crippen molar-refractivity contribution >= 4 is 28.8 Å². The maximum Gasteiger partial charge on any atom is 0.416 e. The van der Waals surface area contributed by atoms with Crippen molar-refractivity contribution in [3.05, 3.63) is 69.9 Å². The first-order chi connectivity index (χ1) is 16.8. The van der Waals surface area contributed by atoms with Crippen molar-refractivity contribution < 1.29 is 27.4 Å². The van der Waals surface area contributed by atoms with Gasteiger partial charge in [0.2, 0.25) is 0 Å². The summed E-state index contributed by atoms with van der Waals surface area (Å²) in [5.41, 5.74) is -0.0806. The summed E-state index contributed by atoms with van der Waals surface area (Å²) in [6.45, 7) is 2.10. The van der Waals surface area contributed by atoms with E-state index in [-0.39, 0.29) is 17.3 Å². The number of amidine groups is 1. The van der Waals surface area contributed by atoms with Crippen molar-refractivity contribution in [3.63, 3.8) is 0 Å². The number of benzene rings is 2. The molecule has 0 bridgehead atoms. The third-order valence-corrected chi connectivity index (χ3v) is 6.83. The Hall–Kier alpha value is -3.53. The van der Waals surface area contributed by atoms with E-state index in [2.05, 4.69) is 4.99 Å². The topological polar surface area (TPSA) is 54.4 Å². The summed E-state index contributed by atoms with van der Waals surface area (Å²) < 4.78 is 51.6. The molecule has 5 rings (SSSR count). The fourth-order valence-corrected chi connectivity index (χ4v) is 4.88. The fourth-order valence-electron chi connectivity index (χ4n) is 4.19. The number of hydrogen-bond donors (Lipinski definition) is 0. The molecule has 1 amide bonds. The van der Waals surface area contributed by atoms with Crippen LogP contribution in [0.1, 0.15) is 27.2 Å². The van der Waals surface area contributed by atoms with Crippen LogP contribution >= 0.6 is 11.3 Å². The van der Waals surface area contributed by atoms with E-state index in [0.29, 0.717) is 60.4 Å². The monoisotopic (exact) mass is 501 g/mol. The van der Waals surface area contributed by atoms with E-state index < -0.39 is 11.7 Å². The Balaban J connectivity index is 1.52. The number of fused-ring (bicyclic) bond motifs is 2. The van der Waals surface area contributed by atoms with Gasteiger partial charge in [-0.25, -0.2) is 4.99 Å². The first-order valence-corrected chi connectivity index (χ1v) is 12.0. The lowest BCUT2D eigenvalue weighted by molar-refractivity contribution is -0.137. The molecule has 0 aliphatic carbocycles. The average molecular weight is 502 g/mol. The number of ether oxygens (including phenoxy) is 2. The summed E-state index contributed by atoms with van der Waals surface area (Å²) in [7, 11) is 1.54. The molecule has 0 saturated carbocycles. The predicted octanol–water partition coefficient (Wildman–Crippen LogP) is 5.81. The maximum absolute atomic E-state index is 13.4. The number of hydrogen-bond acceptors (Lipinski definition) is 6. The fraction of sp³-hybridized carbons (Fsp3) is 0.280. The van der Waals surface area contributed by atoms with Gasteiger partial charge in [0, 0.05) is 26.2 Å². The average Bonchev–Trinajstić information content (AvgIpc) is 3.20. The third-order valence-electron chi connectivity index (χ3n) is 5.97. The van der Waals surface area contributed by atoms with Crippen LogP contribution in [0.3, 0.4) is 0 Å². The number of nitrogens with zero attached hydrogens (tertiary/aromatic N) is 3. The number of amides is 1. The first-order valence-electron chi connectivity index (χ1n) is 11.1. The molecule has 182 valence electrons. The number of methoxy groups -OCH3 is 1. The standard InChI is InChI=1S/C25H22F3N3O3S/c1-33-17-6-8-20-18(15-17)23(29-19-14-16(25(26,27)28)5-7-21(19)34-20)30-9-3-10-31(12-11-30)24(32)22-4-2-13-35-22/h2,4-8,13-15H,3,9-12H2,1H3. The molecular formula is C25H22F3N3O3S. The molecule has 6 nitrogen and oxygen atoms in total. The molecule has 3 heterocycles. The van der Waals surface area contributed by atoms with Crippen molar-refractivity contribution in [2.24, 2.45) is 4.99 Å². The number of carbonyl (C=O) groups is 1. The Morgan fingerprint density at radius 2 is 1.89 bits per heavy atom. The highest BCUT2D eigenvalue weighted by atomic mass is 32.1. The molecule has 2 aromatic carbocycles. The number of rotatable bonds is 2. The molecule has 0 spiro atoms. The normalized spacial score (nSPS) is 15.8. The van der Waals surface area contributed by atoms with Crippen LogP contribution in [0.4, 0.5) is 18.9 Å². The molecule has 1 saturated heterocycles. The predicted molar refractivity (Wildman–Crippen MR) is 127 cm³/mol. The van der Waals surface area contributed by atoms with Gasteiger partial charge in [-0.3, -0.25) is 4.79 Å². The zero-order valence-electron chi connectivity index (χ0n) is 18.8. The summed E-state index contributed by atoms with van der Waals surface area (Å²) in [6, 6.07) is 12.2. The molecule has 0 atom stereocenters. The van der Waals surface area contributed by atoms with Gasteiger partial charge in [-0.15, -0.1) is 11.3 Å². The highest BCUT2D eigenvalue weighted by Crippen LogP contribution is 2.42. The van der Waals surface area contributed by atoms with E-state index >= 15 is 0 Å². The number of alkyl halides is 3. The van der Waals surface area contributed by atoms with Gasteiger partial charge in [-0.05, 0) is 54.3 Å². The van der Waals surface area contributed by atoms with Crippen LogP contribution < -0.4 is 9.47 Å². The minimum absolute atomic E-state index is 0.0183. The molecule has 0 N–H and O–H groups in total. The van der Waals surface area contributed by atoms with Gasteiger partial charge >= 0.3 is 6.18 Å². The van der Waals surface area contributed by atoms with Crippen LogP contribution in [0.25, 0.3) is 0 Å². The lowest BCUT2D eigenvalue weighted by Gasteiger charge is -2.25. The van der Waals surface area contributed by atoms with E-state index in [9.17, 15) is 18.0 Å². The van der Waals surface area contributed by atoms with Gasteiger partial charge < -0.3 is 19.3 Å². The SMILES string of the molecule is COc1ccc2c(c1)C(N1CCCN(C(=O)c3cccs3)CC1)=Nc1cc(C(F)(F)F)ccc1O2.